The van der Waals surface area contributed by atoms with Crippen molar-refractivity contribution in [1.82, 2.24) is 15.1 Å². The lowest BCUT2D eigenvalue weighted by Gasteiger charge is -2.50. The van der Waals surface area contributed by atoms with Crippen LogP contribution in [0.1, 0.15) is 67.9 Å². The van der Waals surface area contributed by atoms with Crippen LogP contribution in [0.15, 0.2) is 24.3 Å². The highest BCUT2D eigenvalue weighted by molar-refractivity contribution is 7.98. The van der Waals surface area contributed by atoms with Crippen molar-refractivity contribution < 1.29 is 39.1 Å². The Morgan fingerprint density at radius 3 is 2.38 bits per heavy atom. The maximum Gasteiger partial charge on any atom is 0.327 e. The van der Waals surface area contributed by atoms with E-state index < -0.39 is 18.1 Å². The summed E-state index contributed by atoms with van der Waals surface area (Å²) in [6, 6.07) is 5.41. The summed E-state index contributed by atoms with van der Waals surface area (Å²) in [6.07, 6.45) is 19.4. The molecule has 1 unspecified atom stereocenters. The first kappa shape index (κ1) is 38.5. The highest BCUT2D eigenvalue weighted by Gasteiger charge is 2.52. The third kappa shape index (κ3) is 6.35. The zero-order valence-corrected chi connectivity index (χ0v) is 31.3. The number of phenols is 3. The number of likely N-dealkylation sites (N-methyl/N-ethyl adjacent to an activating group) is 1. The molecule has 12 heteroatoms. The number of thioether (sulfide) groups is 1. The molecule has 3 aromatic rings. The maximum atomic E-state index is 13.9. The molecule has 0 spiro atoms. The number of aryl methyl sites for hydroxylation is 1. The van der Waals surface area contributed by atoms with Crippen molar-refractivity contribution in [1.29, 1.82) is 0 Å². The molecule has 4 aliphatic rings. The second-order valence-corrected chi connectivity index (χ2v) is 14.2. The van der Waals surface area contributed by atoms with Crippen LogP contribution in [0.5, 0.6) is 34.5 Å². The van der Waals surface area contributed by atoms with Crippen molar-refractivity contribution in [3.63, 3.8) is 0 Å². The Balaban J connectivity index is 0.00000126. The van der Waals surface area contributed by atoms with Crippen molar-refractivity contribution in [2.45, 2.75) is 56.1 Å². The van der Waals surface area contributed by atoms with Crippen molar-refractivity contribution in [3.8, 4) is 60.2 Å². The van der Waals surface area contributed by atoms with Gasteiger partial charge in [0.05, 0.1) is 24.4 Å². The third-order valence-electron chi connectivity index (χ3n) is 10.4. The summed E-state index contributed by atoms with van der Waals surface area (Å²) in [5.41, 5.74) is 6.48. The molecule has 4 N–H and O–H groups in total. The molecule has 52 heavy (non-hydrogen) atoms. The van der Waals surface area contributed by atoms with Gasteiger partial charge >= 0.3 is 5.97 Å². The number of hydrogen-bond acceptors (Lipinski definition) is 12. The van der Waals surface area contributed by atoms with Gasteiger partial charge < -0.3 is 44.5 Å². The maximum absolute atomic E-state index is 13.9. The second kappa shape index (κ2) is 15.9. The van der Waals surface area contributed by atoms with Crippen LogP contribution < -0.4 is 19.5 Å². The van der Waals surface area contributed by atoms with E-state index in [1.165, 1.54) is 0 Å². The fourth-order valence-corrected chi connectivity index (χ4v) is 9.45. The number of hydrogen-bond donors (Lipinski definition) is 4. The summed E-state index contributed by atoms with van der Waals surface area (Å²) in [6.45, 7) is 4.97. The number of benzene rings is 3. The normalized spacial score (nSPS) is 22.5. The molecule has 5 atom stereocenters. The van der Waals surface area contributed by atoms with Crippen LogP contribution in [0, 0.1) is 39.5 Å². The quantitative estimate of drug-likeness (QED) is 0.199. The lowest BCUT2D eigenvalue weighted by molar-refractivity contribution is -0.149. The number of fused-ring (bicyclic) bond motifs is 6. The average Bonchev–Trinajstić information content (AvgIpc) is 3.57. The molecule has 0 aromatic heterocycles. The smallest absolute Gasteiger partial charge is 0.327 e. The van der Waals surface area contributed by atoms with Crippen molar-refractivity contribution in [3.05, 3.63) is 68.8 Å². The van der Waals surface area contributed by atoms with Crippen LogP contribution in [-0.4, -0.2) is 91.1 Å². The van der Waals surface area contributed by atoms with E-state index >= 15 is 0 Å². The number of carbonyl (C=O) groups is 1. The van der Waals surface area contributed by atoms with Crippen molar-refractivity contribution >= 4 is 17.7 Å². The lowest BCUT2D eigenvalue weighted by atomic mass is 9.80. The Morgan fingerprint density at radius 2 is 1.71 bits per heavy atom. The van der Waals surface area contributed by atoms with E-state index in [1.54, 1.807) is 37.1 Å². The highest BCUT2D eigenvalue weighted by Crippen LogP contribution is 2.60. The first-order chi connectivity index (χ1) is 25.1. The van der Waals surface area contributed by atoms with Crippen LogP contribution in [0.25, 0.3) is 0 Å². The fraction of sp³-hybridized carbons (Fsp3) is 0.425. The van der Waals surface area contributed by atoms with Crippen LogP contribution in [0.2, 0.25) is 0 Å². The number of esters is 1. The fourth-order valence-electron chi connectivity index (χ4n) is 8.39. The molecule has 276 valence electrons. The van der Waals surface area contributed by atoms with Gasteiger partial charge in [-0.25, -0.2) is 4.79 Å². The molecule has 0 aliphatic carbocycles. The molecule has 4 heterocycles. The molecule has 0 radical (unpaired) electrons. The van der Waals surface area contributed by atoms with E-state index in [2.05, 4.69) is 46.9 Å². The topological polar surface area (TPSA) is 133 Å². The molecule has 0 saturated carbocycles. The predicted molar refractivity (Wildman–Crippen MR) is 201 cm³/mol. The van der Waals surface area contributed by atoms with Gasteiger partial charge in [-0.15, -0.1) is 25.7 Å². The summed E-state index contributed by atoms with van der Waals surface area (Å²) >= 11 is 1.63. The van der Waals surface area contributed by atoms with Gasteiger partial charge in [0.2, 0.25) is 6.79 Å². The van der Waals surface area contributed by atoms with Crippen LogP contribution in [-0.2, 0) is 22.4 Å². The number of nitrogens with one attached hydrogen (secondary N) is 1. The highest BCUT2D eigenvalue weighted by atomic mass is 32.2. The van der Waals surface area contributed by atoms with Crippen LogP contribution >= 0.6 is 11.8 Å². The second-order valence-electron chi connectivity index (χ2n) is 13.2. The first-order valence-electron chi connectivity index (χ1n) is 16.9. The van der Waals surface area contributed by atoms with Gasteiger partial charge in [0.1, 0.15) is 24.1 Å². The Kier molecular flexibility index (Phi) is 11.8. The minimum absolute atomic E-state index is 0.00183. The number of terminal acetylenes is 2. The zero-order chi connectivity index (χ0) is 38.0. The molecule has 0 saturated heterocycles. The SMILES string of the molecule is C#C.C#C.COc1c(C)cc2c(c1O)[C@@H](N(C)C)C1[C@H](SC)c3c(O)c(C)c4c(c3[C@H](COC(=O)[C@@H]3NCCc5cc(O)ccc53)N1CC2)OCO4. The number of carbonyl (C=O) groups excluding carboxylic acids is 1. The third-order valence-corrected chi connectivity index (χ3v) is 11.5. The van der Waals surface area contributed by atoms with Crippen LogP contribution in [0.3, 0.4) is 0 Å². The molecule has 4 aliphatic heterocycles. The molecule has 0 amide bonds. The molecule has 0 bridgehead atoms. The zero-order valence-electron chi connectivity index (χ0n) is 30.4. The van der Waals surface area contributed by atoms with Gasteiger partial charge in [0, 0.05) is 41.4 Å². The molecular formula is C40H47N3O8S. The van der Waals surface area contributed by atoms with E-state index in [9.17, 15) is 20.1 Å². The number of aromatic hydroxyl groups is 3. The Bertz CT molecular complexity index is 1870. The predicted octanol–water partition coefficient (Wildman–Crippen LogP) is 5.07. The number of methoxy groups -OCH3 is 1. The number of rotatable bonds is 6. The van der Waals surface area contributed by atoms with Gasteiger partial charge in [-0.05, 0) is 81.4 Å². The Morgan fingerprint density at radius 1 is 1.00 bits per heavy atom. The van der Waals surface area contributed by atoms with Gasteiger partial charge in [0.25, 0.3) is 0 Å². The van der Waals surface area contributed by atoms with E-state index in [0.717, 1.165) is 38.9 Å². The number of ether oxygens (including phenoxy) is 4. The Labute approximate surface area is 310 Å². The standard InChI is InChI=1S/C36H43N3O8S.2C2H2/c1-17-13-20-10-12-39-23(15-45-36(43)27-22-8-7-21(40)14-19(22)9-11-37-27)25-26(30(41)18(2)33-34(25)47-16-46-33)35(48-6)29(39)28(38(3)4)24(20)31(42)32(17)44-5;2*1-2/h7-8,13-14,23,27-29,35,37,40-42H,9-12,15-16H2,1-6H3;2*1-2H/t23-,27+,28+,29?,35+;;/m0../s1. The monoisotopic (exact) mass is 729 g/mol. The minimum Gasteiger partial charge on any atom is -0.508 e. The number of phenolic OH excluding ortho intramolecular Hbond substituents is 3. The summed E-state index contributed by atoms with van der Waals surface area (Å²) < 4.78 is 23.9. The molecule has 11 nitrogen and oxygen atoms in total. The molecule has 7 rings (SSSR count). The summed E-state index contributed by atoms with van der Waals surface area (Å²) in [4.78, 5) is 18.4. The first-order valence-corrected chi connectivity index (χ1v) is 18.2. The van der Waals surface area contributed by atoms with E-state index in [-0.39, 0.29) is 48.0 Å². The summed E-state index contributed by atoms with van der Waals surface area (Å²) in [5.74, 6) is 1.53. The lowest BCUT2D eigenvalue weighted by Crippen LogP contribution is -2.52. The average molecular weight is 730 g/mol. The van der Waals surface area contributed by atoms with Crippen molar-refractivity contribution in [2.75, 3.05) is 54.0 Å². The Hall–Kier alpha value is -4.72. The van der Waals surface area contributed by atoms with Crippen LogP contribution in [0.4, 0.5) is 0 Å². The van der Waals surface area contributed by atoms with E-state index in [0.29, 0.717) is 48.7 Å². The number of nitrogens with zero attached hydrogens (tertiary/aromatic N) is 2. The summed E-state index contributed by atoms with van der Waals surface area (Å²) in [5, 5.41) is 36.8. The van der Waals surface area contributed by atoms with Gasteiger partial charge in [-0.3, -0.25) is 4.90 Å². The van der Waals surface area contributed by atoms with Crippen molar-refractivity contribution in [2.24, 2.45) is 0 Å². The van der Waals surface area contributed by atoms with E-state index in [4.69, 9.17) is 18.9 Å². The molecule has 0 fully saturated rings. The van der Waals surface area contributed by atoms with Gasteiger partial charge in [0.15, 0.2) is 23.0 Å². The largest absolute Gasteiger partial charge is 0.508 e. The van der Waals surface area contributed by atoms with E-state index in [1.807, 2.05) is 34.2 Å². The summed E-state index contributed by atoms with van der Waals surface area (Å²) in [7, 11) is 5.57. The molecule has 3 aromatic carbocycles. The molecular weight excluding hydrogens is 683 g/mol. The van der Waals surface area contributed by atoms with Gasteiger partial charge in [-0.1, -0.05) is 12.1 Å². The minimum atomic E-state index is -0.681. The van der Waals surface area contributed by atoms with Gasteiger partial charge in [-0.2, -0.15) is 11.8 Å².